The van der Waals surface area contributed by atoms with Gasteiger partial charge in [-0.2, -0.15) is 0 Å². The summed E-state index contributed by atoms with van der Waals surface area (Å²) >= 11 is 0. The SMILES string of the molecule is CCC(NC(=O)c1cn(C2CCNCC2)nn1)c1cccc([N+](=O)[O-])c1.Cl. The minimum atomic E-state index is -0.442. The fourth-order valence-corrected chi connectivity index (χ4v) is 3.14. The second kappa shape index (κ2) is 9.43. The van der Waals surface area contributed by atoms with Gasteiger partial charge < -0.3 is 10.6 Å². The van der Waals surface area contributed by atoms with E-state index in [2.05, 4.69) is 20.9 Å². The molecule has 1 atom stereocenters. The Balaban J connectivity index is 0.00000261. The van der Waals surface area contributed by atoms with Gasteiger partial charge in [0.2, 0.25) is 0 Å². The number of carbonyl (C=O) groups excluding carboxylic acids is 1. The minimum absolute atomic E-state index is 0. The Kier molecular flexibility index (Phi) is 7.26. The molecule has 0 aliphatic carbocycles. The molecular formula is C17H23ClN6O3. The lowest BCUT2D eigenvalue weighted by molar-refractivity contribution is -0.384. The fourth-order valence-electron chi connectivity index (χ4n) is 3.14. The van der Waals surface area contributed by atoms with E-state index in [0.29, 0.717) is 12.0 Å². The second-order valence-corrected chi connectivity index (χ2v) is 6.35. The zero-order valence-electron chi connectivity index (χ0n) is 15.0. The predicted octanol–water partition coefficient (Wildman–Crippen LogP) is 2.41. The summed E-state index contributed by atoms with van der Waals surface area (Å²) in [5.41, 5.74) is 0.959. The predicted molar refractivity (Wildman–Crippen MR) is 102 cm³/mol. The van der Waals surface area contributed by atoms with Crippen molar-refractivity contribution in [1.82, 2.24) is 25.6 Å². The molecule has 1 amide bonds. The number of nitro benzene ring substituents is 1. The number of rotatable bonds is 6. The van der Waals surface area contributed by atoms with Crippen LogP contribution >= 0.6 is 12.4 Å². The summed E-state index contributed by atoms with van der Waals surface area (Å²) in [4.78, 5) is 23.0. The number of hydrogen-bond acceptors (Lipinski definition) is 6. The molecule has 27 heavy (non-hydrogen) atoms. The first kappa shape index (κ1) is 20.8. The first-order valence-electron chi connectivity index (χ1n) is 8.76. The van der Waals surface area contributed by atoms with E-state index in [0.717, 1.165) is 25.9 Å². The van der Waals surface area contributed by atoms with Gasteiger partial charge >= 0.3 is 0 Å². The van der Waals surface area contributed by atoms with Crippen LogP contribution in [0.25, 0.3) is 0 Å². The van der Waals surface area contributed by atoms with E-state index in [-0.39, 0.29) is 41.8 Å². The van der Waals surface area contributed by atoms with Gasteiger partial charge in [0.25, 0.3) is 11.6 Å². The van der Waals surface area contributed by atoms with Gasteiger partial charge in [-0.25, -0.2) is 4.68 Å². The maximum Gasteiger partial charge on any atom is 0.273 e. The number of non-ortho nitro benzene ring substituents is 1. The number of hydrogen-bond donors (Lipinski definition) is 2. The Bertz CT molecular complexity index is 790. The molecule has 2 heterocycles. The molecule has 1 aliphatic heterocycles. The van der Waals surface area contributed by atoms with Crippen LogP contribution in [-0.2, 0) is 0 Å². The number of piperidine rings is 1. The summed E-state index contributed by atoms with van der Waals surface area (Å²) in [6.07, 6.45) is 4.19. The monoisotopic (exact) mass is 394 g/mol. The molecule has 146 valence electrons. The standard InChI is InChI=1S/C17H22N6O3.ClH/c1-2-15(12-4-3-5-14(10-12)23(25)26)19-17(24)16-11-22(21-20-16)13-6-8-18-9-7-13;/h3-5,10-11,13,15,18H,2,6-9H2,1H3,(H,19,24);1H. The van der Waals surface area contributed by atoms with Crippen molar-refractivity contribution in [2.45, 2.75) is 38.3 Å². The number of nitro groups is 1. The van der Waals surface area contributed by atoms with Gasteiger partial charge in [-0.3, -0.25) is 14.9 Å². The lowest BCUT2D eigenvalue weighted by Crippen LogP contribution is -2.30. The van der Waals surface area contributed by atoms with Crippen LogP contribution in [0.1, 0.15) is 54.3 Å². The lowest BCUT2D eigenvalue weighted by Gasteiger charge is -2.22. The molecule has 10 heteroatoms. The Labute approximate surface area is 163 Å². The van der Waals surface area contributed by atoms with E-state index >= 15 is 0 Å². The van der Waals surface area contributed by atoms with Crippen LogP contribution in [0, 0.1) is 10.1 Å². The molecular weight excluding hydrogens is 372 g/mol. The maximum absolute atomic E-state index is 12.5. The number of amides is 1. The molecule has 3 rings (SSSR count). The molecule has 9 nitrogen and oxygen atoms in total. The number of nitrogens with zero attached hydrogens (tertiary/aromatic N) is 4. The molecule has 1 aromatic carbocycles. The molecule has 1 saturated heterocycles. The molecule has 1 unspecified atom stereocenters. The van der Waals surface area contributed by atoms with E-state index in [1.54, 1.807) is 23.0 Å². The molecule has 1 aromatic heterocycles. The van der Waals surface area contributed by atoms with Crippen LogP contribution in [-0.4, -0.2) is 38.9 Å². The van der Waals surface area contributed by atoms with E-state index in [9.17, 15) is 14.9 Å². The lowest BCUT2D eigenvalue weighted by atomic mass is 10.0. The molecule has 2 aromatic rings. The van der Waals surface area contributed by atoms with E-state index < -0.39 is 4.92 Å². The van der Waals surface area contributed by atoms with Gasteiger partial charge in [0.1, 0.15) is 0 Å². The highest BCUT2D eigenvalue weighted by Gasteiger charge is 2.21. The highest BCUT2D eigenvalue weighted by atomic mass is 35.5. The van der Waals surface area contributed by atoms with Crippen LogP contribution in [0.2, 0.25) is 0 Å². The maximum atomic E-state index is 12.5. The number of aromatic nitrogens is 3. The van der Waals surface area contributed by atoms with Gasteiger partial charge in [-0.05, 0) is 37.9 Å². The third-order valence-corrected chi connectivity index (χ3v) is 4.62. The minimum Gasteiger partial charge on any atom is -0.344 e. The van der Waals surface area contributed by atoms with Crippen molar-refractivity contribution >= 4 is 24.0 Å². The van der Waals surface area contributed by atoms with Crippen LogP contribution in [0.15, 0.2) is 30.5 Å². The van der Waals surface area contributed by atoms with Crippen molar-refractivity contribution in [2.75, 3.05) is 13.1 Å². The van der Waals surface area contributed by atoms with Crippen molar-refractivity contribution in [2.24, 2.45) is 0 Å². The Hall–Kier alpha value is -2.52. The molecule has 0 radical (unpaired) electrons. The fraction of sp³-hybridized carbons (Fsp3) is 0.471. The Morgan fingerprint density at radius 3 is 2.85 bits per heavy atom. The summed E-state index contributed by atoms with van der Waals surface area (Å²) in [5.74, 6) is -0.330. The van der Waals surface area contributed by atoms with E-state index in [1.165, 1.54) is 12.1 Å². The van der Waals surface area contributed by atoms with E-state index in [4.69, 9.17) is 0 Å². The zero-order valence-corrected chi connectivity index (χ0v) is 15.8. The largest absolute Gasteiger partial charge is 0.344 e. The van der Waals surface area contributed by atoms with Crippen molar-refractivity contribution in [3.8, 4) is 0 Å². The number of nitrogens with one attached hydrogen (secondary N) is 2. The average Bonchev–Trinajstić information content (AvgIpc) is 3.17. The van der Waals surface area contributed by atoms with Crippen molar-refractivity contribution < 1.29 is 9.72 Å². The van der Waals surface area contributed by atoms with Crippen molar-refractivity contribution in [3.05, 3.63) is 51.8 Å². The van der Waals surface area contributed by atoms with Gasteiger partial charge in [0.05, 0.1) is 23.2 Å². The summed E-state index contributed by atoms with van der Waals surface area (Å²) in [7, 11) is 0. The van der Waals surface area contributed by atoms with Gasteiger partial charge in [-0.1, -0.05) is 24.3 Å². The average molecular weight is 395 g/mol. The number of halogens is 1. The summed E-state index contributed by atoms with van der Waals surface area (Å²) in [6, 6.07) is 6.24. The van der Waals surface area contributed by atoms with Gasteiger partial charge in [0.15, 0.2) is 5.69 Å². The highest BCUT2D eigenvalue weighted by Crippen LogP contribution is 2.22. The summed E-state index contributed by atoms with van der Waals surface area (Å²) < 4.78 is 1.75. The van der Waals surface area contributed by atoms with Gasteiger partial charge in [-0.15, -0.1) is 17.5 Å². The number of carbonyl (C=O) groups is 1. The zero-order chi connectivity index (χ0) is 18.5. The molecule has 2 N–H and O–H groups in total. The first-order chi connectivity index (χ1) is 12.6. The number of benzene rings is 1. The summed E-state index contributed by atoms with van der Waals surface area (Å²) in [6.45, 7) is 3.77. The quantitative estimate of drug-likeness (QED) is 0.574. The van der Waals surface area contributed by atoms with Crippen LogP contribution in [0.4, 0.5) is 5.69 Å². The van der Waals surface area contributed by atoms with Crippen molar-refractivity contribution in [1.29, 1.82) is 0 Å². The van der Waals surface area contributed by atoms with Crippen LogP contribution < -0.4 is 10.6 Å². The third-order valence-electron chi connectivity index (χ3n) is 4.62. The summed E-state index contributed by atoms with van der Waals surface area (Å²) in [5, 5.41) is 25.2. The van der Waals surface area contributed by atoms with Gasteiger partial charge in [0, 0.05) is 12.1 Å². The highest BCUT2D eigenvalue weighted by molar-refractivity contribution is 5.92. The first-order valence-corrected chi connectivity index (χ1v) is 8.76. The molecule has 1 aliphatic rings. The second-order valence-electron chi connectivity index (χ2n) is 6.35. The van der Waals surface area contributed by atoms with Crippen molar-refractivity contribution in [3.63, 3.8) is 0 Å². The topological polar surface area (TPSA) is 115 Å². The Morgan fingerprint density at radius 1 is 1.44 bits per heavy atom. The Morgan fingerprint density at radius 2 is 2.19 bits per heavy atom. The smallest absolute Gasteiger partial charge is 0.273 e. The van der Waals surface area contributed by atoms with Crippen LogP contribution in [0.5, 0.6) is 0 Å². The van der Waals surface area contributed by atoms with Crippen LogP contribution in [0.3, 0.4) is 0 Å². The van der Waals surface area contributed by atoms with E-state index in [1.807, 2.05) is 6.92 Å². The molecule has 0 saturated carbocycles. The molecule has 1 fully saturated rings. The molecule has 0 bridgehead atoms. The molecule has 0 spiro atoms. The third kappa shape index (κ3) is 5.01. The normalized spacial score (nSPS) is 15.6.